The first-order valence-electron chi connectivity index (χ1n) is 8.38. The molecule has 0 aliphatic heterocycles. The summed E-state index contributed by atoms with van der Waals surface area (Å²) in [7, 11) is 1.91. The summed E-state index contributed by atoms with van der Waals surface area (Å²) >= 11 is 0. The molecular formula is C20H17N5O2. The van der Waals surface area contributed by atoms with Crippen LogP contribution in [0.25, 0.3) is 22.4 Å². The Hall–Kier alpha value is -3.74. The zero-order valence-electron chi connectivity index (χ0n) is 14.9. The van der Waals surface area contributed by atoms with E-state index in [2.05, 4.69) is 20.3 Å². The largest absolute Gasteiger partial charge is 0.437 e. The second-order valence-corrected chi connectivity index (χ2v) is 6.10. The van der Waals surface area contributed by atoms with Gasteiger partial charge in [0, 0.05) is 43.0 Å². The van der Waals surface area contributed by atoms with Crippen molar-refractivity contribution in [2.24, 2.45) is 7.05 Å². The number of benzene rings is 1. The molecule has 7 heteroatoms. The molecule has 0 unspecified atom stereocenters. The minimum Gasteiger partial charge on any atom is -0.437 e. The molecule has 1 amide bonds. The number of fused-ring (bicyclic) bond motifs is 1. The molecule has 0 saturated carbocycles. The predicted molar refractivity (Wildman–Crippen MR) is 103 cm³/mol. The van der Waals surface area contributed by atoms with Crippen molar-refractivity contribution in [2.75, 3.05) is 5.32 Å². The van der Waals surface area contributed by atoms with Gasteiger partial charge in [0.05, 0.1) is 5.52 Å². The van der Waals surface area contributed by atoms with E-state index in [-0.39, 0.29) is 0 Å². The number of nitrogens with one attached hydrogen (secondary N) is 1. The number of carbonyl (C=O) groups excluding carboxylic acids is 1. The van der Waals surface area contributed by atoms with Gasteiger partial charge in [-0.3, -0.25) is 9.78 Å². The molecule has 0 aliphatic carbocycles. The lowest BCUT2D eigenvalue weighted by molar-refractivity contribution is -0.105. The monoisotopic (exact) mass is 359 g/mol. The highest BCUT2D eigenvalue weighted by Crippen LogP contribution is 2.32. The van der Waals surface area contributed by atoms with E-state index in [4.69, 9.17) is 4.74 Å². The summed E-state index contributed by atoms with van der Waals surface area (Å²) in [4.78, 5) is 24.2. The highest BCUT2D eigenvalue weighted by Gasteiger charge is 2.15. The molecule has 3 aromatic heterocycles. The lowest BCUT2D eigenvalue weighted by atomic mass is 10.2. The number of hydrogen-bond donors (Lipinski definition) is 1. The van der Waals surface area contributed by atoms with E-state index < -0.39 is 0 Å². The van der Waals surface area contributed by atoms with Gasteiger partial charge >= 0.3 is 0 Å². The van der Waals surface area contributed by atoms with Gasteiger partial charge < -0.3 is 14.6 Å². The average molecular weight is 359 g/mol. The van der Waals surface area contributed by atoms with Crippen molar-refractivity contribution >= 4 is 23.1 Å². The number of rotatable bonds is 5. The Morgan fingerprint density at radius 3 is 2.85 bits per heavy atom. The Morgan fingerprint density at radius 2 is 2.07 bits per heavy atom. The maximum Gasteiger partial charge on any atom is 0.247 e. The molecule has 0 spiro atoms. The van der Waals surface area contributed by atoms with E-state index in [1.54, 1.807) is 18.5 Å². The Bertz CT molecular complexity index is 1120. The first-order chi connectivity index (χ1) is 13.2. The number of aryl methyl sites for hydroxylation is 2. The highest BCUT2D eigenvalue weighted by molar-refractivity contribution is 5.83. The maximum absolute atomic E-state index is 10.8. The van der Waals surface area contributed by atoms with Crippen molar-refractivity contribution in [1.82, 2.24) is 19.5 Å². The number of nitrogens with zero attached hydrogens (tertiary/aromatic N) is 4. The van der Waals surface area contributed by atoms with Gasteiger partial charge in [0.2, 0.25) is 12.3 Å². The second kappa shape index (κ2) is 6.87. The van der Waals surface area contributed by atoms with Crippen LogP contribution in [0.4, 0.5) is 5.69 Å². The smallest absolute Gasteiger partial charge is 0.247 e. The number of pyridine rings is 1. The zero-order valence-corrected chi connectivity index (χ0v) is 14.9. The SMILES string of the molecule is Cc1ccc(Oc2nc(-c3cccnc3)nc3ccn(C)c23)cc1NC=O. The van der Waals surface area contributed by atoms with Gasteiger partial charge in [0.25, 0.3) is 0 Å². The lowest BCUT2D eigenvalue weighted by Gasteiger charge is -2.11. The van der Waals surface area contributed by atoms with E-state index in [0.717, 1.165) is 22.2 Å². The van der Waals surface area contributed by atoms with Crippen molar-refractivity contribution in [3.63, 3.8) is 0 Å². The van der Waals surface area contributed by atoms with Crippen molar-refractivity contribution in [3.8, 4) is 23.0 Å². The molecule has 27 heavy (non-hydrogen) atoms. The summed E-state index contributed by atoms with van der Waals surface area (Å²) in [5, 5.41) is 2.68. The number of carbonyl (C=O) groups is 1. The Balaban J connectivity index is 1.82. The quantitative estimate of drug-likeness (QED) is 0.550. The second-order valence-electron chi connectivity index (χ2n) is 6.10. The maximum atomic E-state index is 10.8. The van der Waals surface area contributed by atoms with Gasteiger partial charge in [-0.25, -0.2) is 4.98 Å². The summed E-state index contributed by atoms with van der Waals surface area (Å²) in [6.07, 6.45) is 5.97. The number of hydrogen-bond acceptors (Lipinski definition) is 5. The first kappa shape index (κ1) is 16.7. The Labute approximate surface area is 155 Å². The summed E-state index contributed by atoms with van der Waals surface area (Å²) in [6, 6.07) is 11.1. The number of ether oxygens (including phenoxy) is 1. The Kier molecular flexibility index (Phi) is 4.25. The van der Waals surface area contributed by atoms with Crippen LogP contribution in [-0.2, 0) is 11.8 Å². The van der Waals surface area contributed by atoms with Gasteiger partial charge in [-0.05, 0) is 36.8 Å². The van der Waals surface area contributed by atoms with E-state index in [9.17, 15) is 4.79 Å². The van der Waals surface area contributed by atoms with Gasteiger partial charge in [0.1, 0.15) is 11.3 Å². The van der Waals surface area contributed by atoms with Crippen LogP contribution in [0.2, 0.25) is 0 Å². The topological polar surface area (TPSA) is 81.9 Å². The fourth-order valence-electron chi connectivity index (χ4n) is 2.85. The van der Waals surface area contributed by atoms with Crippen molar-refractivity contribution < 1.29 is 9.53 Å². The van der Waals surface area contributed by atoms with Crippen molar-refractivity contribution in [1.29, 1.82) is 0 Å². The van der Waals surface area contributed by atoms with Crippen LogP contribution in [0, 0.1) is 6.92 Å². The molecule has 0 radical (unpaired) electrons. The van der Waals surface area contributed by atoms with E-state index in [1.807, 2.05) is 55.1 Å². The highest BCUT2D eigenvalue weighted by atomic mass is 16.5. The van der Waals surface area contributed by atoms with Crippen LogP contribution in [0.3, 0.4) is 0 Å². The third-order valence-corrected chi connectivity index (χ3v) is 4.25. The molecule has 134 valence electrons. The minimum atomic E-state index is 0.437. The Morgan fingerprint density at radius 1 is 1.19 bits per heavy atom. The standard InChI is InChI=1S/C20H17N5O2/c1-13-5-6-15(10-17(13)22-12-26)27-20-18-16(7-9-25(18)2)23-19(24-20)14-4-3-8-21-11-14/h3-12H,1-2H3,(H,22,26). The van der Waals surface area contributed by atoms with Crippen molar-refractivity contribution in [3.05, 3.63) is 60.6 Å². The number of aromatic nitrogens is 4. The van der Waals surface area contributed by atoms with Crippen LogP contribution >= 0.6 is 0 Å². The molecule has 0 atom stereocenters. The summed E-state index contributed by atoms with van der Waals surface area (Å²) < 4.78 is 8.00. The summed E-state index contributed by atoms with van der Waals surface area (Å²) in [5.74, 6) is 1.55. The molecule has 0 fully saturated rings. The molecule has 0 saturated heterocycles. The molecule has 1 aromatic carbocycles. The van der Waals surface area contributed by atoms with Crippen LogP contribution in [0.1, 0.15) is 5.56 Å². The van der Waals surface area contributed by atoms with E-state index in [1.165, 1.54) is 0 Å². The van der Waals surface area contributed by atoms with Crippen LogP contribution in [-0.4, -0.2) is 25.9 Å². The third-order valence-electron chi connectivity index (χ3n) is 4.25. The predicted octanol–water partition coefficient (Wildman–Crippen LogP) is 3.70. The molecule has 0 aliphatic rings. The van der Waals surface area contributed by atoms with Gasteiger partial charge in [0.15, 0.2) is 5.82 Å². The number of amides is 1. The summed E-state index contributed by atoms with van der Waals surface area (Å²) in [5.41, 5.74) is 4.00. The van der Waals surface area contributed by atoms with E-state index in [0.29, 0.717) is 29.6 Å². The van der Waals surface area contributed by atoms with Crippen LogP contribution < -0.4 is 10.1 Å². The molecule has 7 nitrogen and oxygen atoms in total. The van der Waals surface area contributed by atoms with Crippen LogP contribution in [0.15, 0.2) is 55.0 Å². The fourth-order valence-corrected chi connectivity index (χ4v) is 2.85. The first-order valence-corrected chi connectivity index (χ1v) is 8.38. The zero-order chi connectivity index (χ0) is 18.8. The van der Waals surface area contributed by atoms with E-state index >= 15 is 0 Å². The molecule has 3 heterocycles. The summed E-state index contributed by atoms with van der Waals surface area (Å²) in [6.45, 7) is 1.91. The van der Waals surface area contributed by atoms with Gasteiger partial charge in [-0.1, -0.05) is 6.07 Å². The van der Waals surface area contributed by atoms with Crippen molar-refractivity contribution in [2.45, 2.75) is 6.92 Å². The van der Waals surface area contributed by atoms with Gasteiger partial charge in [-0.15, -0.1) is 0 Å². The lowest BCUT2D eigenvalue weighted by Crippen LogP contribution is -2.00. The minimum absolute atomic E-state index is 0.437. The van der Waals surface area contributed by atoms with Crippen LogP contribution in [0.5, 0.6) is 11.6 Å². The third kappa shape index (κ3) is 3.22. The fraction of sp³-hybridized carbons (Fsp3) is 0.100. The number of anilines is 1. The molecule has 4 rings (SSSR count). The molecule has 1 N–H and O–H groups in total. The average Bonchev–Trinajstić information content (AvgIpc) is 3.06. The molecular weight excluding hydrogens is 342 g/mol. The molecule has 0 bridgehead atoms. The molecule has 4 aromatic rings. The van der Waals surface area contributed by atoms with Gasteiger partial charge in [-0.2, -0.15) is 4.98 Å². The normalized spacial score (nSPS) is 10.7.